The third-order valence-electron chi connectivity index (χ3n) is 2.87. The van der Waals surface area contributed by atoms with E-state index in [0.29, 0.717) is 16.1 Å². The Labute approximate surface area is 107 Å². The van der Waals surface area contributed by atoms with Gasteiger partial charge in [-0.25, -0.2) is 0 Å². The van der Waals surface area contributed by atoms with Crippen molar-refractivity contribution in [2.75, 3.05) is 7.11 Å². The van der Waals surface area contributed by atoms with Crippen LogP contribution in [0.4, 0.5) is 0 Å². The van der Waals surface area contributed by atoms with Gasteiger partial charge in [-0.1, -0.05) is 16.7 Å². The molecule has 0 aliphatic heterocycles. The molecule has 0 heterocycles. The zero-order valence-corrected chi connectivity index (χ0v) is 10.1. The zero-order valence-electron chi connectivity index (χ0n) is 9.38. The average Bonchev–Trinajstić information content (AvgIpc) is 2.62. The summed E-state index contributed by atoms with van der Waals surface area (Å²) >= 11 is 5.82. The standard InChI is InChI=1S/C11H8ClN3O3/c1-18-10(17)11(14-15-13)5-6-4-7(12)2-3-8(6)9(11)16/h2-4H,5H2,1H3. The second-order valence-electron chi connectivity index (χ2n) is 3.85. The molecule has 18 heavy (non-hydrogen) atoms. The minimum absolute atomic E-state index is 0.0293. The molecule has 1 aliphatic carbocycles. The Kier molecular flexibility index (Phi) is 2.98. The average molecular weight is 266 g/mol. The number of Topliss-reactive ketones (excluding diaryl/α,β-unsaturated/α-hetero) is 1. The van der Waals surface area contributed by atoms with Gasteiger partial charge < -0.3 is 4.74 Å². The number of esters is 1. The second kappa shape index (κ2) is 4.33. The topological polar surface area (TPSA) is 92.1 Å². The summed E-state index contributed by atoms with van der Waals surface area (Å²) in [5, 5.41) is 3.81. The fourth-order valence-corrected chi connectivity index (χ4v) is 2.24. The second-order valence-corrected chi connectivity index (χ2v) is 4.29. The number of azide groups is 1. The lowest BCUT2D eigenvalue weighted by molar-refractivity contribution is -0.144. The van der Waals surface area contributed by atoms with E-state index in [1.54, 1.807) is 12.1 Å². The Morgan fingerprint density at radius 3 is 2.94 bits per heavy atom. The first-order valence-electron chi connectivity index (χ1n) is 5.03. The van der Waals surface area contributed by atoms with Crippen LogP contribution in [0.1, 0.15) is 15.9 Å². The van der Waals surface area contributed by atoms with Crippen LogP contribution in [0.25, 0.3) is 10.4 Å². The van der Waals surface area contributed by atoms with E-state index in [2.05, 4.69) is 14.8 Å². The van der Waals surface area contributed by atoms with Gasteiger partial charge in [0.2, 0.25) is 5.54 Å². The van der Waals surface area contributed by atoms with Crippen molar-refractivity contribution in [3.63, 3.8) is 0 Å². The molecule has 0 radical (unpaired) electrons. The van der Waals surface area contributed by atoms with Crippen molar-refractivity contribution < 1.29 is 14.3 Å². The van der Waals surface area contributed by atoms with E-state index >= 15 is 0 Å². The summed E-state index contributed by atoms with van der Waals surface area (Å²) in [5.41, 5.74) is 7.63. The van der Waals surface area contributed by atoms with Crippen LogP contribution in [-0.2, 0) is 16.0 Å². The van der Waals surface area contributed by atoms with Gasteiger partial charge in [-0.2, -0.15) is 0 Å². The molecule has 2 rings (SSSR count). The van der Waals surface area contributed by atoms with Crippen molar-refractivity contribution in [3.05, 3.63) is 44.8 Å². The van der Waals surface area contributed by atoms with Crippen LogP contribution < -0.4 is 0 Å². The maximum Gasteiger partial charge on any atom is 0.326 e. The van der Waals surface area contributed by atoms with Gasteiger partial charge >= 0.3 is 5.97 Å². The van der Waals surface area contributed by atoms with Crippen LogP contribution in [-0.4, -0.2) is 24.4 Å². The lowest BCUT2D eigenvalue weighted by atomic mass is 9.96. The first-order valence-corrected chi connectivity index (χ1v) is 5.41. The summed E-state index contributed by atoms with van der Waals surface area (Å²) in [7, 11) is 1.14. The number of nitrogens with zero attached hydrogens (tertiary/aromatic N) is 3. The van der Waals surface area contributed by atoms with Crippen molar-refractivity contribution in [2.45, 2.75) is 12.0 Å². The van der Waals surface area contributed by atoms with E-state index in [9.17, 15) is 9.59 Å². The van der Waals surface area contributed by atoms with Crippen LogP contribution in [0.3, 0.4) is 0 Å². The maximum absolute atomic E-state index is 12.2. The third kappa shape index (κ3) is 1.63. The molecule has 0 fully saturated rings. The molecule has 0 spiro atoms. The third-order valence-corrected chi connectivity index (χ3v) is 3.11. The summed E-state index contributed by atoms with van der Waals surface area (Å²) in [6.45, 7) is 0. The van der Waals surface area contributed by atoms with Crippen molar-refractivity contribution in [1.82, 2.24) is 0 Å². The van der Waals surface area contributed by atoms with Gasteiger partial charge in [0.15, 0.2) is 5.78 Å². The number of hydrogen-bond acceptors (Lipinski definition) is 4. The lowest BCUT2D eigenvalue weighted by Crippen LogP contribution is -2.43. The number of carbonyl (C=O) groups excluding carboxylic acids is 2. The van der Waals surface area contributed by atoms with Crippen molar-refractivity contribution in [1.29, 1.82) is 0 Å². The molecule has 0 amide bonds. The van der Waals surface area contributed by atoms with Crippen LogP contribution in [0.2, 0.25) is 5.02 Å². The molecule has 1 unspecified atom stereocenters. The molecule has 0 saturated carbocycles. The Bertz CT molecular complexity index is 595. The molecule has 1 aromatic rings. The predicted octanol–water partition coefficient (Wildman–Crippen LogP) is 2.30. The highest BCUT2D eigenvalue weighted by atomic mass is 35.5. The molecule has 1 aromatic carbocycles. The van der Waals surface area contributed by atoms with E-state index in [1.165, 1.54) is 6.07 Å². The Morgan fingerprint density at radius 1 is 1.61 bits per heavy atom. The number of ketones is 1. The van der Waals surface area contributed by atoms with Gasteiger partial charge in [0.05, 0.1) is 7.11 Å². The Morgan fingerprint density at radius 2 is 2.33 bits per heavy atom. The smallest absolute Gasteiger partial charge is 0.326 e. The Balaban J connectivity index is 2.59. The summed E-state index contributed by atoms with van der Waals surface area (Å²) in [6, 6.07) is 4.63. The first kappa shape index (κ1) is 12.4. The summed E-state index contributed by atoms with van der Waals surface area (Å²) < 4.78 is 4.56. The molecule has 92 valence electrons. The molecule has 0 bridgehead atoms. The van der Waals surface area contributed by atoms with Crippen molar-refractivity contribution in [2.24, 2.45) is 5.11 Å². The lowest BCUT2D eigenvalue weighted by Gasteiger charge is -2.17. The molecule has 1 aliphatic rings. The number of rotatable bonds is 2. The summed E-state index contributed by atoms with van der Waals surface area (Å²) in [6.07, 6.45) is -0.0293. The fraction of sp³-hybridized carbons (Fsp3) is 0.273. The minimum atomic E-state index is -1.84. The highest BCUT2D eigenvalue weighted by molar-refractivity contribution is 6.31. The molecule has 0 N–H and O–H groups in total. The predicted molar refractivity (Wildman–Crippen MR) is 63.4 cm³/mol. The van der Waals surface area contributed by atoms with Gasteiger partial charge in [0.25, 0.3) is 0 Å². The molecular weight excluding hydrogens is 258 g/mol. The molecule has 7 heteroatoms. The number of hydrogen-bond donors (Lipinski definition) is 0. The minimum Gasteiger partial charge on any atom is -0.468 e. The highest BCUT2D eigenvalue weighted by Gasteiger charge is 2.52. The van der Waals surface area contributed by atoms with E-state index in [0.717, 1.165) is 7.11 Å². The van der Waals surface area contributed by atoms with E-state index < -0.39 is 17.3 Å². The van der Waals surface area contributed by atoms with E-state index in [4.69, 9.17) is 17.1 Å². The van der Waals surface area contributed by atoms with Gasteiger partial charge in [0.1, 0.15) is 0 Å². The molecular formula is C11H8ClN3O3. The van der Waals surface area contributed by atoms with Crippen molar-refractivity contribution in [3.8, 4) is 0 Å². The van der Waals surface area contributed by atoms with Crippen LogP contribution >= 0.6 is 11.6 Å². The van der Waals surface area contributed by atoms with Crippen LogP contribution in [0.5, 0.6) is 0 Å². The Hall–Kier alpha value is -2.04. The zero-order chi connectivity index (χ0) is 13.3. The highest BCUT2D eigenvalue weighted by Crippen LogP contribution is 2.35. The van der Waals surface area contributed by atoms with Gasteiger partial charge in [-0.15, -0.1) is 0 Å². The monoisotopic (exact) mass is 265 g/mol. The summed E-state index contributed by atoms with van der Waals surface area (Å²) in [5.74, 6) is -1.42. The summed E-state index contributed by atoms with van der Waals surface area (Å²) in [4.78, 5) is 26.5. The molecule has 1 atom stereocenters. The van der Waals surface area contributed by atoms with Crippen LogP contribution in [0, 0.1) is 0 Å². The van der Waals surface area contributed by atoms with Gasteiger partial charge in [-0.3, -0.25) is 9.59 Å². The normalized spacial score (nSPS) is 21.1. The van der Waals surface area contributed by atoms with Gasteiger partial charge in [-0.05, 0) is 29.3 Å². The number of benzene rings is 1. The van der Waals surface area contributed by atoms with E-state index in [1.807, 2.05) is 0 Å². The molecule has 0 aromatic heterocycles. The van der Waals surface area contributed by atoms with Crippen LogP contribution in [0.15, 0.2) is 23.3 Å². The largest absolute Gasteiger partial charge is 0.468 e. The van der Waals surface area contributed by atoms with Crippen molar-refractivity contribution >= 4 is 23.4 Å². The first-order chi connectivity index (χ1) is 8.55. The number of ether oxygens (including phenoxy) is 1. The maximum atomic E-state index is 12.2. The molecule has 0 saturated heterocycles. The van der Waals surface area contributed by atoms with Gasteiger partial charge in [0, 0.05) is 21.9 Å². The fourth-order valence-electron chi connectivity index (χ4n) is 2.04. The number of carbonyl (C=O) groups is 2. The molecule has 6 nitrogen and oxygen atoms in total. The number of fused-ring (bicyclic) bond motifs is 1. The van der Waals surface area contributed by atoms with E-state index in [-0.39, 0.29) is 6.42 Å². The number of methoxy groups -OCH3 is 1. The number of halogens is 1. The quantitative estimate of drug-likeness (QED) is 0.270. The SMILES string of the molecule is COC(=O)C1(N=[N+]=[N-])Cc2cc(Cl)ccc2C1=O.